The lowest BCUT2D eigenvalue weighted by Gasteiger charge is -2.23. The summed E-state index contributed by atoms with van der Waals surface area (Å²) in [6, 6.07) is 7.05. The maximum Gasteiger partial charge on any atom is 0.254 e. The van der Waals surface area contributed by atoms with Crippen LogP contribution >= 0.6 is 0 Å². The minimum atomic E-state index is -0.124. The van der Waals surface area contributed by atoms with Crippen LogP contribution in [0.1, 0.15) is 34.5 Å². The van der Waals surface area contributed by atoms with Crippen molar-refractivity contribution in [2.45, 2.75) is 25.5 Å². The second kappa shape index (κ2) is 6.72. The van der Waals surface area contributed by atoms with E-state index in [-0.39, 0.29) is 18.1 Å². The normalized spacial score (nSPS) is 19.8. The monoisotopic (exact) mass is 353 g/mol. The van der Waals surface area contributed by atoms with Gasteiger partial charge in [-0.25, -0.2) is 4.98 Å². The number of nitrogens with one attached hydrogen (secondary N) is 1. The Hall–Kier alpha value is -3.00. The largest absolute Gasteiger partial charge is 0.421 e. The van der Waals surface area contributed by atoms with Gasteiger partial charge in [0.15, 0.2) is 0 Å². The Kier molecular flexibility index (Phi) is 4.26. The number of hydrogen-bond donors (Lipinski definition) is 1. The molecule has 0 saturated carbocycles. The number of nitrogens with zero attached hydrogens (tertiary/aromatic N) is 4. The molecule has 1 fully saturated rings. The zero-order valence-electron chi connectivity index (χ0n) is 14.5. The minimum absolute atomic E-state index is 0.00492. The zero-order chi connectivity index (χ0) is 18.1. The summed E-state index contributed by atoms with van der Waals surface area (Å²) in [4.78, 5) is 22.3. The van der Waals surface area contributed by atoms with Gasteiger partial charge in [0.1, 0.15) is 5.82 Å². The van der Waals surface area contributed by atoms with Crippen molar-refractivity contribution in [3.8, 4) is 11.5 Å². The maximum absolute atomic E-state index is 13.0. The standard InChI is InChI=1S/C18H19N5O3/c1-11-21-22-17(26-11)12-3-5-13(6-4-12)18(24)23-10-14(25-2)9-15(23)16-19-7-8-20-16/h3-8,14-15H,9-10H2,1-2H3,(H,19,20)/t14-,15?/m1/s1. The molecule has 0 radical (unpaired) electrons. The lowest BCUT2D eigenvalue weighted by atomic mass is 10.1. The first-order valence-electron chi connectivity index (χ1n) is 8.39. The highest BCUT2D eigenvalue weighted by molar-refractivity contribution is 5.95. The summed E-state index contributed by atoms with van der Waals surface area (Å²) in [5.41, 5.74) is 1.37. The van der Waals surface area contributed by atoms with Gasteiger partial charge in [0.05, 0.1) is 12.1 Å². The van der Waals surface area contributed by atoms with Gasteiger partial charge in [-0.1, -0.05) is 0 Å². The first-order valence-corrected chi connectivity index (χ1v) is 8.39. The molecule has 2 atom stereocenters. The molecule has 134 valence electrons. The second-order valence-electron chi connectivity index (χ2n) is 6.24. The van der Waals surface area contributed by atoms with Gasteiger partial charge in [0, 0.05) is 50.5 Å². The van der Waals surface area contributed by atoms with Crippen LogP contribution in [0.4, 0.5) is 0 Å². The van der Waals surface area contributed by atoms with E-state index in [2.05, 4.69) is 20.2 Å². The van der Waals surface area contributed by atoms with E-state index >= 15 is 0 Å². The molecule has 1 aliphatic heterocycles. The van der Waals surface area contributed by atoms with Gasteiger partial charge in [0.2, 0.25) is 11.8 Å². The molecule has 0 aliphatic carbocycles. The summed E-state index contributed by atoms with van der Waals surface area (Å²) in [6.45, 7) is 2.27. The summed E-state index contributed by atoms with van der Waals surface area (Å²) in [5, 5.41) is 7.82. The number of benzene rings is 1. The van der Waals surface area contributed by atoms with Crippen molar-refractivity contribution < 1.29 is 13.9 Å². The van der Waals surface area contributed by atoms with Crippen LogP contribution in [0.2, 0.25) is 0 Å². The number of aromatic nitrogens is 4. The van der Waals surface area contributed by atoms with Gasteiger partial charge in [-0.05, 0) is 24.3 Å². The average Bonchev–Trinajstić information content (AvgIpc) is 3.41. The van der Waals surface area contributed by atoms with E-state index in [0.717, 1.165) is 17.8 Å². The predicted molar refractivity (Wildman–Crippen MR) is 92.3 cm³/mol. The molecule has 2 aromatic heterocycles. The fourth-order valence-corrected chi connectivity index (χ4v) is 3.25. The summed E-state index contributed by atoms with van der Waals surface area (Å²) in [6.07, 6.45) is 4.17. The van der Waals surface area contributed by atoms with Crippen LogP contribution < -0.4 is 0 Å². The summed E-state index contributed by atoms with van der Waals surface area (Å²) < 4.78 is 10.9. The van der Waals surface area contributed by atoms with Crippen molar-refractivity contribution in [1.82, 2.24) is 25.1 Å². The number of aromatic amines is 1. The number of H-pyrrole nitrogens is 1. The van der Waals surface area contributed by atoms with Crippen LogP contribution in [0.25, 0.3) is 11.5 Å². The molecule has 8 heteroatoms. The predicted octanol–water partition coefficient (Wildman–Crippen LogP) is 2.37. The number of likely N-dealkylation sites (tertiary alicyclic amines) is 1. The van der Waals surface area contributed by atoms with E-state index in [0.29, 0.717) is 23.9 Å². The summed E-state index contributed by atoms with van der Waals surface area (Å²) in [5.74, 6) is 1.66. The Labute approximate surface area is 150 Å². The Morgan fingerprint density at radius 2 is 2.12 bits per heavy atom. The number of imidazole rings is 1. The van der Waals surface area contributed by atoms with E-state index in [1.807, 2.05) is 12.1 Å². The molecular weight excluding hydrogens is 334 g/mol. The fraction of sp³-hybridized carbons (Fsp3) is 0.333. The molecule has 0 bridgehead atoms. The smallest absolute Gasteiger partial charge is 0.254 e. The van der Waals surface area contributed by atoms with Crippen molar-refractivity contribution in [2.24, 2.45) is 0 Å². The van der Waals surface area contributed by atoms with Gasteiger partial charge < -0.3 is 19.0 Å². The number of carbonyl (C=O) groups is 1. The Bertz CT molecular complexity index is 888. The lowest BCUT2D eigenvalue weighted by Crippen LogP contribution is -2.32. The summed E-state index contributed by atoms with van der Waals surface area (Å²) in [7, 11) is 1.67. The Balaban J connectivity index is 1.57. The quantitative estimate of drug-likeness (QED) is 0.773. The van der Waals surface area contributed by atoms with Gasteiger partial charge in [0.25, 0.3) is 5.91 Å². The van der Waals surface area contributed by atoms with E-state index in [1.165, 1.54) is 0 Å². The second-order valence-corrected chi connectivity index (χ2v) is 6.24. The van der Waals surface area contributed by atoms with E-state index < -0.39 is 0 Å². The summed E-state index contributed by atoms with van der Waals surface area (Å²) >= 11 is 0. The molecule has 4 rings (SSSR count). The molecule has 1 saturated heterocycles. The molecule has 3 heterocycles. The average molecular weight is 353 g/mol. The molecule has 1 amide bonds. The molecule has 26 heavy (non-hydrogen) atoms. The number of methoxy groups -OCH3 is 1. The number of ether oxygens (including phenoxy) is 1. The number of hydrogen-bond acceptors (Lipinski definition) is 6. The molecule has 1 unspecified atom stereocenters. The van der Waals surface area contributed by atoms with Crippen molar-refractivity contribution in [1.29, 1.82) is 0 Å². The minimum Gasteiger partial charge on any atom is -0.421 e. The third kappa shape index (κ3) is 2.99. The maximum atomic E-state index is 13.0. The molecular formula is C18H19N5O3. The highest BCUT2D eigenvalue weighted by atomic mass is 16.5. The van der Waals surface area contributed by atoms with Crippen molar-refractivity contribution in [2.75, 3.05) is 13.7 Å². The number of amides is 1. The molecule has 0 spiro atoms. The first-order chi connectivity index (χ1) is 12.7. The van der Waals surface area contributed by atoms with Crippen molar-refractivity contribution >= 4 is 5.91 Å². The molecule has 1 aromatic carbocycles. The van der Waals surface area contributed by atoms with Crippen LogP contribution in [0.5, 0.6) is 0 Å². The van der Waals surface area contributed by atoms with Gasteiger partial charge >= 0.3 is 0 Å². The van der Waals surface area contributed by atoms with Crippen LogP contribution in [0.15, 0.2) is 41.1 Å². The topological polar surface area (TPSA) is 97.1 Å². The van der Waals surface area contributed by atoms with Crippen molar-refractivity contribution in [3.63, 3.8) is 0 Å². The molecule has 1 N–H and O–H groups in total. The number of rotatable bonds is 4. The highest BCUT2D eigenvalue weighted by Gasteiger charge is 2.38. The van der Waals surface area contributed by atoms with Crippen LogP contribution in [-0.2, 0) is 4.74 Å². The fourth-order valence-electron chi connectivity index (χ4n) is 3.25. The van der Waals surface area contributed by atoms with Gasteiger partial charge in [-0.3, -0.25) is 4.79 Å². The first kappa shape index (κ1) is 16.5. The third-order valence-electron chi connectivity index (χ3n) is 4.60. The van der Waals surface area contributed by atoms with Crippen LogP contribution in [-0.4, -0.2) is 50.7 Å². The lowest BCUT2D eigenvalue weighted by molar-refractivity contribution is 0.0684. The van der Waals surface area contributed by atoms with Gasteiger partial charge in [-0.15, -0.1) is 10.2 Å². The third-order valence-corrected chi connectivity index (χ3v) is 4.60. The number of aryl methyl sites for hydroxylation is 1. The van der Waals surface area contributed by atoms with Crippen molar-refractivity contribution in [3.05, 3.63) is 53.9 Å². The zero-order valence-corrected chi connectivity index (χ0v) is 14.5. The van der Waals surface area contributed by atoms with E-state index in [4.69, 9.17) is 9.15 Å². The highest BCUT2D eigenvalue weighted by Crippen LogP contribution is 2.33. The van der Waals surface area contributed by atoms with Crippen LogP contribution in [0.3, 0.4) is 0 Å². The Morgan fingerprint density at radius 3 is 2.73 bits per heavy atom. The van der Waals surface area contributed by atoms with E-state index in [9.17, 15) is 4.79 Å². The molecule has 1 aliphatic rings. The number of carbonyl (C=O) groups excluding carboxylic acids is 1. The molecule has 3 aromatic rings. The molecule has 8 nitrogen and oxygen atoms in total. The Morgan fingerprint density at radius 1 is 1.31 bits per heavy atom. The SMILES string of the molecule is CO[C@@H]1CC(c2ncc[nH]2)N(C(=O)c2ccc(-c3nnc(C)o3)cc2)C1. The van der Waals surface area contributed by atoms with E-state index in [1.54, 1.807) is 43.5 Å². The van der Waals surface area contributed by atoms with Crippen LogP contribution in [0, 0.1) is 6.92 Å². The van der Waals surface area contributed by atoms with Gasteiger partial charge in [-0.2, -0.15) is 0 Å².